The van der Waals surface area contributed by atoms with Gasteiger partial charge in [0.1, 0.15) is 37.0 Å². The van der Waals surface area contributed by atoms with Gasteiger partial charge in [-0.2, -0.15) is 0 Å². The quantitative estimate of drug-likeness (QED) is 0.0371. The third kappa shape index (κ3) is 9.97. The number of allylic oxidation sites excluding steroid dienone is 1. The van der Waals surface area contributed by atoms with E-state index in [1.165, 1.54) is 19.5 Å². The highest BCUT2D eigenvalue weighted by Crippen LogP contribution is 2.71. The number of aromatic hydroxyl groups is 3. The number of aldehydes is 1. The molecule has 16 heteroatoms. The summed E-state index contributed by atoms with van der Waals surface area (Å²) in [6, 6.07) is 26.2. The number of aliphatic hydroxyl groups excluding tert-OH is 3. The second-order valence-corrected chi connectivity index (χ2v) is 26.7. The minimum absolute atomic E-state index is 0.0109. The molecule has 0 radical (unpaired) electrons. The van der Waals surface area contributed by atoms with Crippen LogP contribution in [0, 0.1) is 52.8 Å². The number of para-hydroxylation sites is 1. The van der Waals surface area contributed by atoms with Crippen LogP contribution in [0.15, 0.2) is 97.2 Å². The first kappa shape index (κ1) is 57.9. The lowest BCUT2D eigenvalue weighted by Crippen LogP contribution is -2.64. The lowest BCUT2D eigenvalue weighted by atomic mass is 9.46. The predicted octanol–water partition coefficient (Wildman–Crippen LogP) is 10.3. The van der Waals surface area contributed by atoms with Crippen LogP contribution in [0.3, 0.4) is 0 Å². The average Bonchev–Trinajstić information content (AvgIpc) is 1.50. The van der Waals surface area contributed by atoms with Gasteiger partial charge in [-0.1, -0.05) is 48.2 Å². The molecule has 1 saturated heterocycles. The molecule has 6 heterocycles. The van der Waals surface area contributed by atoms with Gasteiger partial charge in [0.15, 0.2) is 23.0 Å². The number of piperidine rings is 1. The summed E-state index contributed by atoms with van der Waals surface area (Å²) in [6.45, 7) is 1.62. The number of methoxy groups -OCH3 is 1. The Labute approximate surface area is 511 Å². The number of ketones is 1. The lowest BCUT2D eigenvalue weighted by Gasteiger charge is -2.59. The Hall–Kier alpha value is -7.81. The molecule has 458 valence electrons. The number of aryl methyl sites for hydroxylation is 2. The summed E-state index contributed by atoms with van der Waals surface area (Å²) in [5.41, 5.74) is 9.44. The second kappa shape index (κ2) is 23.0. The number of nitrogens with one attached hydrogen (secondary N) is 3. The first-order chi connectivity index (χ1) is 42.7. The number of aromatic nitrogens is 3. The predicted molar refractivity (Wildman–Crippen MR) is 332 cm³/mol. The van der Waals surface area contributed by atoms with E-state index in [4.69, 9.17) is 14.2 Å². The molecule has 7 aromatic rings. The highest BCUT2D eigenvalue weighted by atomic mass is 16.5. The van der Waals surface area contributed by atoms with Crippen molar-refractivity contribution in [3.8, 4) is 51.8 Å². The maximum absolute atomic E-state index is 15.6. The summed E-state index contributed by atoms with van der Waals surface area (Å²) in [5.74, 6) is 4.60. The molecule has 88 heavy (non-hydrogen) atoms. The van der Waals surface area contributed by atoms with Crippen molar-refractivity contribution in [3.05, 3.63) is 131 Å². The van der Waals surface area contributed by atoms with Crippen molar-refractivity contribution in [2.45, 2.75) is 145 Å². The number of phenols is 3. The largest absolute Gasteiger partial charge is 0.508 e. The molecular formula is C72H78N4O12. The number of ether oxygens (including phenoxy) is 3. The zero-order valence-electron chi connectivity index (χ0n) is 49.8. The van der Waals surface area contributed by atoms with E-state index < -0.39 is 47.1 Å². The standard InChI is InChI=1S/C72H78N4O12/c1-39(79)59-27-42-14-13-41-15-16-45(80)29-52(41)62-34-60-61(21-22-73-60)76(62)70(42)72(75-59)36-44(37-78)71(38-72)35-43-26-56-53-32-64(84)65(86-2)33-54(53)55(68(43)51-19-17-46(81)31-57(51)71)30-47(82)28-48(18-11-40-12-20-63(83)66(25-40)87-24-23-77)88-67(85)10-6-4-8-50-49-7-3-5-9-58(49)74-69(50)56/h3,5,7,9,12,15-16,20-22,25-26,29,32-34,37,39,42-44,46,48,51,55,57,59,68,70,73-75,77,79-81,83-84H,8,10-11,13-14,17-19,23-24,27-28,30-31,35-36,38H2,1-2H3. The topological polar surface area (TPSA) is 249 Å². The van der Waals surface area contributed by atoms with Crippen LogP contribution >= 0.6 is 0 Å². The van der Waals surface area contributed by atoms with Crippen molar-refractivity contribution in [3.63, 3.8) is 0 Å². The van der Waals surface area contributed by atoms with Gasteiger partial charge in [-0.05, 0) is 201 Å². The van der Waals surface area contributed by atoms with Crippen LogP contribution in [0.5, 0.6) is 28.7 Å². The van der Waals surface area contributed by atoms with Crippen LogP contribution in [-0.4, -0.2) is 113 Å². The minimum Gasteiger partial charge on any atom is -0.508 e. The molecule has 2 bridgehead atoms. The van der Waals surface area contributed by atoms with E-state index in [0.29, 0.717) is 51.4 Å². The summed E-state index contributed by atoms with van der Waals surface area (Å²) in [4.78, 5) is 51.6. The maximum atomic E-state index is 15.6. The smallest absolute Gasteiger partial charge is 0.318 e. The molecule has 3 aromatic heterocycles. The van der Waals surface area contributed by atoms with Crippen LogP contribution in [0.25, 0.3) is 38.8 Å². The monoisotopic (exact) mass is 1190 g/mol. The highest BCUT2D eigenvalue weighted by molar-refractivity contribution is 5.95. The number of carbonyl (C=O) groups excluding carboxylic acids is 3. The fraction of sp³-hybridized carbons (Fsp3) is 0.458. The molecule has 14 atom stereocenters. The molecule has 4 fully saturated rings. The number of hydrogen-bond donors (Lipinski definition) is 9. The number of phenolic OH excluding ortho intramolecular Hbond substituents is 3. The Bertz CT molecular complexity index is 3970. The first-order valence-electron chi connectivity index (χ1n) is 31.7. The number of benzene rings is 4. The average molecular weight is 1190 g/mol. The van der Waals surface area contributed by atoms with Gasteiger partial charge in [0.2, 0.25) is 0 Å². The molecule has 4 aromatic carbocycles. The van der Waals surface area contributed by atoms with Crippen LogP contribution in [-0.2, 0) is 38.4 Å². The summed E-state index contributed by atoms with van der Waals surface area (Å²) in [5, 5.41) is 72.4. The number of fused-ring (bicyclic) bond motifs is 17. The molecule has 0 amide bonds. The van der Waals surface area contributed by atoms with E-state index in [2.05, 4.69) is 56.0 Å². The first-order valence-corrected chi connectivity index (χ1v) is 31.7. The Morgan fingerprint density at radius 2 is 1.75 bits per heavy atom. The van der Waals surface area contributed by atoms with Gasteiger partial charge in [-0.25, -0.2) is 0 Å². The third-order valence-corrected chi connectivity index (χ3v) is 21.9. The van der Waals surface area contributed by atoms with Crippen LogP contribution in [0.2, 0.25) is 0 Å². The fourth-order valence-electron chi connectivity index (χ4n) is 18.5. The normalized spacial score (nSPS) is 30.4. The van der Waals surface area contributed by atoms with Gasteiger partial charge >= 0.3 is 5.97 Å². The Kier molecular flexibility index (Phi) is 15.1. The van der Waals surface area contributed by atoms with E-state index in [0.717, 1.165) is 85.1 Å². The van der Waals surface area contributed by atoms with Crippen LogP contribution in [0.1, 0.15) is 129 Å². The number of cyclic esters (lactones) is 1. The lowest BCUT2D eigenvalue weighted by molar-refractivity contribution is -0.149. The zero-order chi connectivity index (χ0) is 60.8. The van der Waals surface area contributed by atoms with Gasteiger partial charge < -0.3 is 69.5 Å². The fourth-order valence-corrected chi connectivity index (χ4v) is 18.5. The number of esters is 1. The minimum atomic E-state index is -0.845. The van der Waals surface area contributed by atoms with E-state index in [9.17, 15) is 40.2 Å². The van der Waals surface area contributed by atoms with E-state index in [-0.39, 0.29) is 122 Å². The molecule has 3 saturated carbocycles. The summed E-state index contributed by atoms with van der Waals surface area (Å²) in [6.07, 6.45) is 9.57. The summed E-state index contributed by atoms with van der Waals surface area (Å²) >= 11 is 0. The maximum Gasteiger partial charge on any atom is 0.318 e. The Morgan fingerprint density at radius 3 is 2.58 bits per heavy atom. The highest BCUT2D eigenvalue weighted by Gasteiger charge is 2.68. The van der Waals surface area contributed by atoms with Gasteiger partial charge in [0.05, 0.1) is 54.4 Å². The number of carbonyl (C=O) groups is 3. The van der Waals surface area contributed by atoms with Crippen molar-refractivity contribution in [1.29, 1.82) is 0 Å². The Morgan fingerprint density at radius 1 is 0.898 bits per heavy atom. The van der Waals surface area contributed by atoms with E-state index in [1.54, 1.807) is 24.3 Å². The van der Waals surface area contributed by atoms with Crippen molar-refractivity contribution in [1.82, 2.24) is 19.9 Å². The molecule has 14 unspecified atom stereocenters. The SMILES string of the molecule is COc1cc2c(cc1O)C1=CC3CC4(CC5(CC4C=O)NC(C(C)O)CC4CCc6ccc(O)cc6-c6cc7[nH]ccc7n6C45)C4CC(O)CCC4C3C2CC(=O)CC(CCc2ccc(O)c(OCCO)c2)OC(=O)CC#CCc2c1[nH]c1ccccc21. The third-order valence-electron chi connectivity index (χ3n) is 21.9. The number of aromatic amines is 2. The van der Waals surface area contributed by atoms with Crippen molar-refractivity contribution in [2.75, 3.05) is 20.3 Å². The molecule has 9 N–H and O–H groups in total. The summed E-state index contributed by atoms with van der Waals surface area (Å²) in [7, 11) is 1.53. The van der Waals surface area contributed by atoms with Crippen molar-refractivity contribution >= 4 is 45.5 Å². The molecule has 3 aliphatic heterocycles. The molecule has 2 spiro atoms. The van der Waals surface area contributed by atoms with E-state index in [1.807, 2.05) is 49.5 Å². The summed E-state index contributed by atoms with van der Waals surface area (Å²) < 4.78 is 20.3. The second-order valence-electron chi connectivity index (χ2n) is 26.7. The van der Waals surface area contributed by atoms with Crippen molar-refractivity contribution in [2.24, 2.45) is 40.9 Å². The number of aliphatic hydroxyl groups is 3. The number of H-pyrrole nitrogens is 2. The van der Waals surface area contributed by atoms with Gasteiger partial charge in [0, 0.05) is 65.0 Å². The molecule has 16 nitrogen and oxygen atoms in total. The number of rotatable bonds is 9. The molecule has 4 aliphatic carbocycles. The number of Topliss-reactive ketones (excluding diaryl/α,β-unsaturated/α-hetero) is 1. The van der Waals surface area contributed by atoms with Gasteiger partial charge in [-0.15, -0.1) is 0 Å². The van der Waals surface area contributed by atoms with Crippen molar-refractivity contribution < 1.29 is 59.2 Å². The van der Waals surface area contributed by atoms with Crippen LogP contribution in [0.4, 0.5) is 0 Å². The number of nitrogens with zero attached hydrogens (tertiary/aromatic N) is 1. The van der Waals surface area contributed by atoms with E-state index >= 15 is 4.79 Å². The molecule has 14 rings (SSSR count). The Balaban J connectivity index is 0.944. The number of hydrogen-bond acceptors (Lipinski definition) is 13. The van der Waals surface area contributed by atoms with Crippen LogP contribution < -0.4 is 14.8 Å². The molecular weight excluding hydrogens is 1110 g/mol. The molecule has 7 aliphatic rings. The van der Waals surface area contributed by atoms with Gasteiger partial charge in [-0.3, -0.25) is 9.59 Å². The van der Waals surface area contributed by atoms with Gasteiger partial charge in [0.25, 0.3) is 0 Å². The zero-order valence-corrected chi connectivity index (χ0v) is 49.8.